The number of sulfonamides is 1. The SMILES string of the molecule is COc1ccc(NC(=O)c2cc(S(=O)(=O)NC3CCCCC3)ccc2C)cc1. The number of methoxy groups -OCH3 is 1. The van der Waals surface area contributed by atoms with E-state index in [2.05, 4.69) is 10.0 Å². The van der Waals surface area contributed by atoms with Crippen LogP contribution in [0.2, 0.25) is 0 Å². The van der Waals surface area contributed by atoms with E-state index in [1.54, 1.807) is 50.4 Å². The van der Waals surface area contributed by atoms with Gasteiger partial charge in [0.2, 0.25) is 10.0 Å². The highest BCUT2D eigenvalue weighted by atomic mass is 32.2. The molecule has 1 saturated carbocycles. The summed E-state index contributed by atoms with van der Waals surface area (Å²) in [4.78, 5) is 12.8. The molecule has 7 heteroatoms. The summed E-state index contributed by atoms with van der Waals surface area (Å²) in [5.41, 5.74) is 1.66. The van der Waals surface area contributed by atoms with Crippen molar-refractivity contribution in [1.29, 1.82) is 0 Å². The second-order valence-electron chi connectivity index (χ2n) is 7.12. The van der Waals surface area contributed by atoms with Crippen LogP contribution in [-0.2, 0) is 10.0 Å². The number of hydrogen-bond donors (Lipinski definition) is 2. The highest BCUT2D eigenvalue weighted by molar-refractivity contribution is 7.89. The van der Waals surface area contributed by atoms with E-state index < -0.39 is 10.0 Å². The summed E-state index contributed by atoms with van der Waals surface area (Å²) in [5, 5.41) is 2.80. The zero-order valence-corrected chi connectivity index (χ0v) is 17.0. The average molecular weight is 403 g/mol. The number of nitrogens with one attached hydrogen (secondary N) is 2. The van der Waals surface area contributed by atoms with E-state index in [1.165, 1.54) is 6.07 Å². The molecule has 6 nitrogen and oxygen atoms in total. The largest absolute Gasteiger partial charge is 0.497 e. The summed E-state index contributed by atoms with van der Waals surface area (Å²) >= 11 is 0. The Hall–Kier alpha value is -2.38. The number of carbonyl (C=O) groups is 1. The normalized spacial score (nSPS) is 15.2. The molecule has 150 valence electrons. The van der Waals surface area contributed by atoms with Gasteiger partial charge >= 0.3 is 0 Å². The Labute approximate surface area is 166 Å². The van der Waals surface area contributed by atoms with Crippen molar-refractivity contribution in [2.75, 3.05) is 12.4 Å². The first-order valence-corrected chi connectivity index (χ1v) is 11.0. The van der Waals surface area contributed by atoms with E-state index in [4.69, 9.17) is 4.74 Å². The Morgan fingerprint density at radius 3 is 2.36 bits per heavy atom. The van der Waals surface area contributed by atoms with E-state index in [1.807, 2.05) is 0 Å². The number of hydrogen-bond acceptors (Lipinski definition) is 4. The van der Waals surface area contributed by atoms with Gasteiger partial charge in [-0.25, -0.2) is 13.1 Å². The molecule has 0 atom stereocenters. The van der Waals surface area contributed by atoms with Gasteiger partial charge in [0.15, 0.2) is 0 Å². The Bertz CT molecular complexity index is 933. The molecule has 0 aromatic heterocycles. The average Bonchev–Trinajstić information content (AvgIpc) is 2.69. The highest BCUT2D eigenvalue weighted by Crippen LogP contribution is 2.22. The van der Waals surface area contributed by atoms with Crippen LogP contribution in [0.4, 0.5) is 5.69 Å². The van der Waals surface area contributed by atoms with Crippen LogP contribution in [0.15, 0.2) is 47.4 Å². The van der Waals surface area contributed by atoms with Crippen LogP contribution in [0, 0.1) is 6.92 Å². The summed E-state index contributed by atoms with van der Waals surface area (Å²) in [6, 6.07) is 11.6. The molecule has 0 radical (unpaired) electrons. The summed E-state index contributed by atoms with van der Waals surface area (Å²) in [5.74, 6) is 0.341. The number of amides is 1. The summed E-state index contributed by atoms with van der Waals surface area (Å²) in [6.45, 7) is 1.79. The molecule has 0 unspecified atom stereocenters. The second-order valence-corrected chi connectivity index (χ2v) is 8.83. The van der Waals surface area contributed by atoms with E-state index in [-0.39, 0.29) is 16.8 Å². The quantitative estimate of drug-likeness (QED) is 0.768. The number of anilines is 1. The molecule has 0 heterocycles. The fourth-order valence-electron chi connectivity index (χ4n) is 3.39. The molecule has 2 N–H and O–H groups in total. The van der Waals surface area contributed by atoms with Gasteiger partial charge in [0.1, 0.15) is 5.75 Å². The van der Waals surface area contributed by atoms with Crippen molar-refractivity contribution in [2.45, 2.75) is 50.0 Å². The molecular formula is C21H26N2O4S. The van der Waals surface area contributed by atoms with Gasteiger partial charge in [0.25, 0.3) is 5.91 Å². The van der Waals surface area contributed by atoms with Crippen molar-refractivity contribution in [3.05, 3.63) is 53.6 Å². The van der Waals surface area contributed by atoms with E-state index in [0.29, 0.717) is 22.6 Å². The Morgan fingerprint density at radius 1 is 1.04 bits per heavy atom. The maximum atomic E-state index is 12.8. The van der Waals surface area contributed by atoms with Crippen molar-refractivity contribution in [3.8, 4) is 5.75 Å². The summed E-state index contributed by atoms with van der Waals surface area (Å²) in [6.07, 6.45) is 4.94. The van der Waals surface area contributed by atoms with Crippen molar-refractivity contribution in [3.63, 3.8) is 0 Å². The standard InChI is InChI=1S/C21H26N2O4S/c1-15-8-13-19(28(25,26)23-17-6-4-3-5-7-17)14-20(15)21(24)22-16-9-11-18(27-2)12-10-16/h8-14,17,23H,3-7H2,1-2H3,(H,22,24). The van der Waals surface area contributed by atoms with Gasteiger partial charge in [0.05, 0.1) is 12.0 Å². The van der Waals surface area contributed by atoms with Crippen molar-refractivity contribution < 1.29 is 17.9 Å². The first-order chi connectivity index (χ1) is 13.4. The molecule has 1 aliphatic rings. The predicted octanol–water partition coefficient (Wildman–Crippen LogP) is 3.87. The van der Waals surface area contributed by atoms with Crippen molar-refractivity contribution in [2.24, 2.45) is 0 Å². The molecule has 2 aromatic carbocycles. The zero-order valence-electron chi connectivity index (χ0n) is 16.2. The van der Waals surface area contributed by atoms with Crippen LogP contribution >= 0.6 is 0 Å². The van der Waals surface area contributed by atoms with Crippen molar-refractivity contribution >= 4 is 21.6 Å². The lowest BCUT2D eigenvalue weighted by atomic mass is 9.96. The fraction of sp³-hybridized carbons (Fsp3) is 0.381. The van der Waals surface area contributed by atoms with Crippen LogP contribution < -0.4 is 14.8 Å². The smallest absolute Gasteiger partial charge is 0.255 e. The van der Waals surface area contributed by atoms with Gasteiger partial charge < -0.3 is 10.1 Å². The zero-order chi connectivity index (χ0) is 20.1. The van der Waals surface area contributed by atoms with Gasteiger partial charge in [-0.2, -0.15) is 0 Å². The lowest BCUT2D eigenvalue weighted by Crippen LogP contribution is -2.36. The number of aryl methyl sites for hydroxylation is 1. The monoisotopic (exact) mass is 402 g/mol. The third-order valence-corrected chi connectivity index (χ3v) is 6.56. The molecule has 2 aromatic rings. The lowest BCUT2D eigenvalue weighted by molar-refractivity contribution is 0.102. The van der Waals surface area contributed by atoms with E-state index in [0.717, 1.165) is 32.1 Å². The molecule has 1 amide bonds. The third kappa shape index (κ3) is 4.91. The minimum Gasteiger partial charge on any atom is -0.497 e. The van der Waals surface area contributed by atoms with Crippen LogP contribution in [0.5, 0.6) is 5.75 Å². The number of rotatable bonds is 6. The van der Waals surface area contributed by atoms with Gasteiger partial charge in [-0.1, -0.05) is 25.3 Å². The molecule has 0 bridgehead atoms. The molecule has 1 fully saturated rings. The first-order valence-electron chi connectivity index (χ1n) is 9.47. The van der Waals surface area contributed by atoms with Crippen LogP contribution in [0.25, 0.3) is 0 Å². The Kier molecular flexibility index (Phi) is 6.36. The summed E-state index contributed by atoms with van der Waals surface area (Å²) in [7, 11) is -2.09. The molecule has 1 aliphatic carbocycles. The lowest BCUT2D eigenvalue weighted by Gasteiger charge is -2.22. The minimum absolute atomic E-state index is 0.0309. The molecule has 3 rings (SSSR count). The van der Waals surface area contributed by atoms with E-state index in [9.17, 15) is 13.2 Å². The Morgan fingerprint density at radius 2 is 1.71 bits per heavy atom. The van der Waals surface area contributed by atoms with Gasteiger partial charge in [-0.05, 0) is 61.7 Å². The molecule has 0 saturated heterocycles. The van der Waals surface area contributed by atoms with Gasteiger partial charge in [0, 0.05) is 17.3 Å². The van der Waals surface area contributed by atoms with Gasteiger partial charge in [-0.3, -0.25) is 4.79 Å². The number of carbonyl (C=O) groups excluding carboxylic acids is 1. The van der Waals surface area contributed by atoms with Gasteiger partial charge in [-0.15, -0.1) is 0 Å². The topological polar surface area (TPSA) is 84.5 Å². The van der Waals surface area contributed by atoms with Crippen LogP contribution in [-0.4, -0.2) is 27.5 Å². The third-order valence-electron chi connectivity index (χ3n) is 5.04. The molecule has 0 aliphatic heterocycles. The number of benzene rings is 2. The highest BCUT2D eigenvalue weighted by Gasteiger charge is 2.23. The number of ether oxygens (including phenoxy) is 1. The first kappa shape index (κ1) is 20.4. The summed E-state index contributed by atoms with van der Waals surface area (Å²) < 4.78 is 33.4. The Balaban J connectivity index is 1.78. The molecule has 28 heavy (non-hydrogen) atoms. The maximum Gasteiger partial charge on any atom is 0.255 e. The molecule has 0 spiro atoms. The van der Waals surface area contributed by atoms with E-state index >= 15 is 0 Å². The molecular weight excluding hydrogens is 376 g/mol. The van der Waals surface area contributed by atoms with Crippen LogP contribution in [0.3, 0.4) is 0 Å². The maximum absolute atomic E-state index is 12.8. The second kappa shape index (κ2) is 8.75. The predicted molar refractivity (Wildman–Crippen MR) is 109 cm³/mol. The van der Waals surface area contributed by atoms with Crippen molar-refractivity contribution in [1.82, 2.24) is 4.72 Å². The van der Waals surface area contributed by atoms with Crippen LogP contribution in [0.1, 0.15) is 48.0 Å². The fourth-order valence-corrected chi connectivity index (χ4v) is 4.72. The minimum atomic E-state index is -3.66.